The summed E-state index contributed by atoms with van der Waals surface area (Å²) in [7, 11) is 0. The summed E-state index contributed by atoms with van der Waals surface area (Å²) in [6.45, 7) is 8.00. The van der Waals surface area contributed by atoms with Crippen molar-refractivity contribution >= 4 is 0 Å². The van der Waals surface area contributed by atoms with Gasteiger partial charge in [-0.3, -0.25) is 4.90 Å². The lowest BCUT2D eigenvalue weighted by atomic mass is 9.88. The molecule has 0 amide bonds. The van der Waals surface area contributed by atoms with Gasteiger partial charge in [-0.2, -0.15) is 0 Å². The van der Waals surface area contributed by atoms with Crippen LogP contribution in [0.25, 0.3) is 0 Å². The maximum atomic E-state index is 9.03. The van der Waals surface area contributed by atoms with E-state index in [4.69, 9.17) is 14.4 Å². The van der Waals surface area contributed by atoms with E-state index in [2.05, 4.69) is 23.9 Å². The lowest BCUT2D eigenvalue weighted by Crippen LogP contribution is -2.64. The van der Waals surface area contributed by atoms with Crippen molar-refractivity contribution in [3.05, 3.63) is 17.5 Å². The van der Waals surface area contributed by atoms with Gasteiger partial charge in [0.05, 0.1) is 24.4 Å². The molecule has 0 spiro atoms. The van der Waals surface area contributed by atoms with Crippen LogP contribution in [0.1, 0.15) is 38.1 Å². The van der Waals surface area contributed by atoms with Crippen LogP contribution in [-0.2, 0) is 17.8 Å². The molecule has 0 radical (unpaired) electrons. The van der Waals surface area contributed by atoms with Crippen LogP contribution in [0.2, 0.25) is 0 Å². The van der Waals surface area contributed by atoms with E-state index in [-0.39, 0.29) is 12.1 Å². The first-order valence-electron chi connectivity index (χ1n) is 7.12. The minimum absolute atomic E-state index is 0.0651. The van der Waals surface area contributed by atoms with Gasteiger partial charge in [0.25, 0.3) is 0 Å². The number of aliphatic hydroxyl groups excluding tert-OH is 1. The van der Waals surface area contributed by atoms with Gasteiger partial charge in [0.1, 0.15) is 6.61 Å². The molecule has 0 unspecified atom stereocenters. The van der Waals surface area contributed by atoms with E-state index in [9.17, 15) is 0 Å². The second kappa shape index (κ2) is 6.50. The summed E-state index contributed by atoms with van der Waals surface area (Å²) in [6.07, 6.45) is 3.11. The summed E-state index contributed by atoms with van der Waals surface area (Å²) in [5, 5.41) is 13.1. The summed E-state index contributed by atoms with van der Waals surface area (Å²) >= 11 is 0. The third kappa shape index (κ3) is 3.16. The SMILES string of the molecule is CCCN(CCC)C1(Cc2cc(CO)on2)COC1. The largest absolute Gasteiger partial charge is 0.388 e. The second-order valence-corrected chi connectivity index (χ2v) is 5.32. The van der Waals surface area contributed by atoms with E-state index in [0.717, 1.165) is 51.3 Å². The number of nitrogens with zero attached hydrogens (tertiary/aromatic N) is 2. The van der Waals surface area contributed by atoms with Crippen LogP contribution in [0, 0.1) is 0 Å². The Labute approximate surface area is 114 Å². The van der Waals surface area contributed by atoms with E-state index in [0.29, 0.717) is 5.76 Å². The molecule has 1 fully saturated rings. The minimum atomic E-state index is -0.0931. The normalized spacial score (nSPS) is 17.7. The highest BCUT2D eigenvalue weighted by molar-refractivity contribution is 5.12. The molecule has 0 aromatic carbocycles. The fraction of sp³-hybridized carbons (Fsp3) is 0.786. The van der Waals surface area contributed by atoms with Crippen LogP contribution >= 0.6 is 0 Å². The summed E-state index contributed by atoms with van der Waals surface area (Å²) in [5.74, 6) is 0.530. The Morgan fingerprint density at radius 3 is 2.42 bits per heavy atom. The molecule has 108 valence electrons. The zero-order valence-corrected chi connectivity index (χ0v) is 11.9. The average molecular weight is 268 g/mol. The number of hydrogen-bond donors (Lipinski definition) is 1. The van der Waals surface area contributed by atoms with E-state index in [1.165, 1.54) is 0 Å². The number of aromatic nitrogens is 1. The monoisotopic (exact) mass is 268 g/mol. The van der Waals surface area contributed by atoms with Crippen LogP contribution in [-0.4, -0.2) is 47.0 Å². The van der Waals surface area contributed by atoms with Crippen LogP contribution in [0.5, 0.6) is 0 Å². The van der Waals surface area contributed by atoms with Crippen molar-refractivity contribution in [2.45, 2.75) is 45.3 Å². The molecule has 1 aromatic rings. The van der Waals surface area contributed by atoms with Crippen LogP contribution in [0.15, 0.2) is 10.6 Å². The molecule has 0 bridgehead atoms. The molecule has 1 saturated heterocycles. The Balaban J connectivity index is 2.07. The van der Waals surface area contributed by atoms with Gasteiger partial charge in [-0.05, 0) is 25.9 Å². The van der Waals surface area contributed by atoms with E-state index < -0.39 is 0 Å². The highest BCUT2D eigenvalue weighted by atomic mass is 16.5. The number of ether oxygens (including phenoxy) is 1. The molecule has 5 nitrogen and oxygen atoms in total. The Bertz CT molecular complexity index is 382. The van der Waals surface area contributed by atoms with Crippen molar-refractivity contribution in [3.63, 3.8) is 0 Å². The third-order valence-electron chi connectivity index (χ3n) is 3.67. The minimum Gasteiger partial charge on any atom is -0.388 e. The Morgan fingerprint density at radius 2 is 2.00 bits per heavy atom. The van der Waals surface area contributed by atoms with Crippen LogP contribution in [0.4, 0.5) is 0 Å². The van der Waals surface area contributed by atoms with Gasteiger partial charge in [0.2, 0.25) is 0 Å². The topological polar surface area (TPSA) is 58.7 Å². The molecule has 1 aromatic heterocycles. The molecular weight excluding hydrogens is 244 g/mol. The molecule has 0 atom stereocenters. The molecule has 19 heavy (non-hydrogen) atoms. The first-order chi connectivity index (χ1) is 9.24. The summed E-state index contributed by atoms with van der Waals surface area (Å²) in [6, 6.07) is 1.84. The predicted octanol–water partition coefficient (Wildman–Crippen LogP) is 1.60. The van der Waals surface area contributed by atoms with Gasteiger partial charge < -0.3 is 14.4 Å². The molecular formula is C14H24N2O3. The maximum Gasteiger partial charge on any atom is 0.162 e. The molecule has 1 N–H and O–H groups in total. The van der Waals surface area contributed by atoms with Crippen molar-refractivity contribution in [1.29, 1.82) is 0 Å². The van der Waals surface area contributed by atoms with Gasteiger partial charge in [0, 0.05) is 12.5 Å². The Morgan fingerprint density at radius 1 is 1.32 bits per heavy atom. The third-order valence-corrected chi connectivity index (χ3v) is 3.67. The van der Waals surface area contributed by atoms with Crippen molar-refractivity contribution in [2.24, 2.45) is 0 Å². The number of aliphatic hydroxyl groups is 1. The lowest BCUT2D eigenvalue weighted by molar-refractivity contribution is -0.141. The van der Waals surface area contributed by atoms with E-state index in [1.807, 2.05) is 6.07 Å². The quantitative estimate of drug-likeness (QED) is 0.776. The van der Waals surface area contributed by atoms with Gasteiger partial charge in [0.15, 0.2) is 5.76 Å². The standard InChI is InChI=1S/C14H24N2O3/c1-3-5-16(6-4-2)14(10-18-11-14)8-12-7-13(9-17)19-15-12/h7,17H,3-6,8-11H2,1-2H3. The first kappa shape index (κ1) is 14.5. The number of rotatable bonds is 8. The van der Waals surface area contributed by atoms with E-state index >= 15 is 0 Å². The van der Waals surface area contributed by atoms with Gasteiger partial charge >= 0.3 is 0 Å². The average Bonchev–Trinajstić information content (AvgIpc) is 2.81. The zero-order valence-electron chi connectivity index (χ0n) is 11.9. The molecule has 2 heterocycles. The molecule has 1 aliphatic rings. The number of hydrogen-bond acceptors (Lipinski definition) is 5. The summed E-state index contributed by atoms with van der Waals surface area (Å²) < 4.78 is 10.5. The highest BCUT2D eigenvalue weighted by Gasteiger charge is 2.44. The lowest BCUT2D eigenvalue weighted by Gasteiger charge is -2.49. The van der Waals surface area contributed by atoms with Crippen LogP contribution < -0.4 is 0 Å². The van der Waals surface area contributed by atoms with Crippen LogP contribution in [0.3, 0.4) is 0 Å². The zero-order chi connectivity index (χ0) is 13.7. The van der Waals surface area contributed by atoms with Crippen molar-refractivity contribution in [2.75, 3.05) is 26.3 Å². The van der Waals surface area contributed by atoms with Crippen molar-refractivity contribution in [3.8, 4) is 0 Å². The van der Waals surface area contributed by atoms with Gasteiger partial charge in [-0.15, -0.1) is 0 Å². The fourth-order valence-corrected chi connectivity index (χ4v) is 2.71. The van der Waals surface area contributed by atoms with Crippen molar-refractivity contribution in [1.82, 2.24) is 10.1 Å². The molecule has 0 saturated carbocycles. The van der Waals surface area contributed by atoms with Gasteiger partial charge in [-0.25, -0.2) is 0 Å². The predicted molar refractivity (Wildman–Crippen MR) is 71.8 cm³/mol. The molecule has 1 aliphatic heterocycles. The summed E-state index contributed by atoms with van der Waals surface area (Å²) in [5.41, 5.74) is 0.972. The molecule has 0 aliphatic carbocycles. The first-order valence-corrected chi connectivity index (χ1v) is 7.12. The van der Waals surface area contributed by atoms with Gasteiger partial charge in [-0.1, -0.05) is 19.0 Å². The highest BCUT2D eigenvalue weighted by Crippen LogP contribution is 2.29. The Hall–Kier alpha value is -0.910. The Kier molecular flexibility index (Phi) is 4.96. The molecule has 5 heteroatoms. The van der Waals surface area contributed by atoms with Crippen molar-refractivity contribution < 1.29 is 14.4 Å². The van der Waals surface area contributed by atoms with E-state index in [1.54, 1.807) is 0 Å². The summed E-state index contributed by atoms with van der Waals surface area (Å²) in [4.78, 5) is 2.52. The smallest absolute Gasteiger partial charge is 0.162 e. The maximum absolute atomic E-state index is 9.03. The second-order valence-electron chi connectivity index (χ2n) is 5.32. The fourth-order valence-electron chi connectivity index (χ4n) is 2.71. The molecule has 2 rings (SSSR count).